The molecular formula is C14H22N2S. The summed E-state index contributed by atoms with van der Waals surface area (Å²) in [5.74, 6) is 1.92. The van der Waals surface area contributed by atoms with E-state index in [9.17, 15) is 0 Å². The topological polar surface area (TPSA) is 38.9 Å². The molecule has 1 heterocycles. The molecule has 0 spiro atoms. The van der Waals surface area contributed by atoms with E-state index in [0.717, 1.165) is 24.0 Å². The van der Waals surface area contributed by atoms with E-state index in [1.807, 2.05) is 0 Å². The van der Waals surface area contributed by atoms with E-state index in [4.69, 9.17) is 5.73 Å². The summed E-state index contributed by atoms with van der Waals surface area (Å²) in [5, 5.41) is 3.38. The molecule has 94 valence electrons. The molecule has 2 aliphatic carbocycles. The molecule has 2 saturated carbocycles. The lowest BCUT2D eigenvalue weighted by Gasteiger charge is -2.38. The molecule has 2 N–H and O–H groups in total. The predicted molar refractivity (Wildman–Crippen MR) is 72.2 cm³/mol. The standard InChI is InChI=1S/C14H22N2S/c1-10-9-17-13(16-10)8-14(15)6-2-3-12(7-14)11-4-5-11/h9,11-12H,2-8,15H2,1H3. The van der Waals surface area contributed by atoms with Crippen molar-refractivity contribution < 1.29 is 0 Å². The first-order valence-electron chi connectivity index (χ1n) is 6.84. The fourth-order valence-corrected chi connectivity index (χ4v) is 4.29. The van der Waals surface area contributed by atoms with Gasteiger partial charge in [0.1, 0.15) is 0 Å². The van der Waals surface area contributed by atoms with Gasteiger partial charge in [-0.1, -0.05) is 12.8 Å². The second-order valence-electron chi connectivity index (χ2n) is 6.12. The maximum Gasteiger partial charge on any atom is 0.0946 e. The van der Waals surface area contributed by atoms with Crippen molar-refractivity contribution in [2.45, 2.75) is 57.4 Å². The van der Waals surface area contributed by atoms with Crippen LogP contribution in [0.1, 0.15) is 49.2 Å². The zero-order chi connectivity index (χ0) is 11.9. The van der Waals surface area contributed by atoms with Gasteiger partial charge in [-0.25, -0.2) is 4.98 Å². The summed E-state index contributed by atoms with van der Waals surface area (Å²) in [6.45, 7) is 2.07. The highest BCUT2D eigenvalue weighted by molar-refractivity contribution is 7.09. The van der Waals surface area contributed by atoms with E-state index < -0.39 is 0 Å². The first-order chi connectivity index (χ1) is 8.15. The maximum absolute atomic E-state index is 6.62. The number of aryl methyl sites for hydroxylation is 1. The summed E-state index contributed by atoms with van der Waals surface area (Å²) in [5.41, 5.74) is 7.80. The molecule has 0 aromatic carbocycles. The van der Waals surface area contributed by atoms with Crippen LogP contribution in [-0.2, 0) is 6.42 Å². The number of thiazole rings is 1. The highest BCUT2D eigenvalue weighted by atomic mass is 32.1. The molecule has 2 atom stereocenters. The normalized spacial score (nSPS) is 33.9. The minimum absolute atomic E-state index is 0.0375. The molecule has 1 aromatic heterocycles. The average molecular weight is 250 g/mol. The van der Waals surface area contributed by atoms with Crippen LogP contribution in [0.3, 0.4) is 0 Å². The molecule has 2 aliphatic rings. The minimum atomic E-state index is 0.0375. The van der Waals surface area contributed by atoms with Gasteiger partial charge in [0.15, 0.2) is 0 Å². The van der Waals surface area contributed by atoms with Gasteiger partial charge in [-0.15, -0.1) is 11.3 Å². The summed E-state index contributed by atoms with van der Waals surface area (Å²) < 4.78 is 0. The summed E-state index contributed by atoms with van der Waals surface area (Å²) >= 11 is 1.78. The maximum atomic E-state index is 6.62. The third-order valence-electron chi connectivity index (χ3n) is 4.38. The Morgan fingerprint density at radius 3 is 2.88 bits per heavy atom. The molecule has 0 aliphatic heterocycles. The van der Waals surface area contributed by atoms with Gasteiger partial charge in [-0.3, -0.25) is 0 Å². The van der Waals surface area contributed by atoms with Gasteiger partial charge in [0.25, 0.3) is 0 Å². The zero-order valence-electron chi connectivity index (χ0n) is 10.6. The van der Waals surface area contributed by atoms with Crippen molar-refractivity contribution in [3.05, 3.63) is 16.1 Å². The number of nitrogens with two attached hydrogens (primary N) is 1. The largest absolute Gasteiger partial charge is 0.325 e. The van der Waals surface area contributed by atoms with Crippen LogP contribution in [0.2, 0.25) is 0 Å². The molecule has 1 aromatic rings. The second kappa shape index (κ2) is 4.36. The van der Waals surface area contributed by atoms with E-state index in [0.29, 0.717) is 0 Å². The van der Waals surface area contributed by atoms with Crippen molar-refractivity contribution >= 4 is 11.3 Å². The number of aromatic nitrogens is 1. The Morgan fingerprint density at radius 2 is 2.24 bits per heavy atom. The lowest BCUT2D eigenvalue weighted by molar-refractivity contribution is 0.204. The molecule has 2 fully saturated rings. The Morgan fingerprint density at radius 1 is 1.41 bits per heavy atom. The van der Waals surface area contributed by atoms with Crippen LogP contribution in [-0.4, -0.2) is 10.5 Å². The number of rotatable bonds is 3. The van der Waals surface area contributed by atoms with Gasteiger partial charge >= 0.3 is 0 Å². The van der Waals surface area contributed by atoms with Crippen molar-refractivity contribution in [1.29, 1.82) is 0 Å². The van der Waals surface area contributed by atoms with E-state index in [2.05, 4.69) is 17.3 Å². The van der Waals surface area contributed by atoms with Gasteiger partial charge in [0.05, 0.1) is 5.01 Å². The number of hydrogen-bond acceptors (Lipinski definition) is 3. The SMILES string of the molecule is Cc1csc(CC2(N)CCCC(C3CC3)C2)n1. The van der Waals surface area contributed by atoms with Crippen molar-refractivity contribution in [2.75, 3.05) is 0 Å². The lowest BCUT2D eigenvalue weighted by atomic mass is 9.73. The zero-order valence-corrected chi connectivity index (χ0v) is 11.4. The number of nitrogens with zero attached hydrogens (tertiary/aromatic N) is 1. The molecule has 0 radical (unpaired) electrons. The van der Waals surface area contributed by atoms with Crippen molar-refractivity contribution in [2.24, 2.45) is 17.6 Å². The van der Waals surface area contributed by atoms with Gasteiger partial charge in [-0.05, 0) is 44.4 Å². The minimum Gasteiger partial charge on any atom is -0.325 e. The van der Waals surface area contributed by atoms with E-state index in [-0.39, 0.29) is 5.54 Å². The fourth-order valence-electron chi connectivity index (χ4n) is 3.36. The summed E-state index contributed by atoms with van der Waals surface area (Å²) in [6.07, 6.45) is 9.07. The molecule has 17 heavy (non-hydrogen) atoms. The van der Waals surface area contributed by atoms with Crippen LogP contribution in [0, 0.1) is 18.8 Å². The second-order valence-corrected chi connectivity index (χ2v) is 7.06. The molecule has 2 nitrogen and oxygen atoms in total. The Bertz CT molecular complexity index is 397. The fraction of sp³-hybridized carbons (Fsp3) is 0.786. The van der Waals surface area contributed by atoms with Crippen LogP contribution < -0.4 is 5.73 Å². The van der Waals surface area contributed by atoms with Gasteiger partial charge in [0.2, 0.25) is 0 Å². The number of hydrogen-bond donors (Lipinski definition) is 1. The van der Waals surface area contributed by atoms with Gasteiger partial charge in [0, 0.05) is 23.0 Å². The quantitative estimate of drug-likeness (QED) is 0.894. The van der Waals surface area contributed by atoms with Crippen LogP contribution in [0.25, 0.3) is 0 Å². The third kappa shape index (κ3) is 2.71. The Labute approximate surface area is 108 Å². The van der Waals surface area contributed by atoms with Gasteiger partial charge < -0.3 is 5.73 Å². The van der Waals surface area contributed by atoms with Crippen molar-refractivity contribution in [3.63, 3.8) is 0 Å². The molecule has 0 saturated heterocycles. The average Bonchev–Trinajstić information content (AvgIpc) is 3.04. The summed E-state index contributed by atoms with van der Waals surface area (Å²) in [7, 11) is 0. The Kier molecular flexibility index (Phi) is 2.99. The molecule has 0 bridgehead atoms. The molecule has 3 rings (SSSR count). The highest BCUT2D eigenvalue weighted by Gasteiger charge is 2.40. The van der Waals surface area contributed by atoms with E-state index in [1.165, 1.54) is 43.5 Å². The van der Waals surface area contributed by atoms with Crippen LogP contribution in [0.5, 0.6) is 0 Å². The smallest absolute Gasteiger partial charge is 0.0946 e. The summed E-state index contributed by atoms with van der Waals surface area (Å²) in [6, 6.07) is 0. The molecule has 2 unspecified atom stereocenters. The van der Waals surface area contributed by atoms with E-state index in [1.54, 1.807) is 11.3 Å². The monoisotopic (exact) mass is 250 g/mol. The first kappa shape index (κ1) is 11.7. The van der Waals surface area contributed by atoms with Crippen molar-refractivity contribution in [3.8, 4) is 0 Å². The van der Waals surface area contributed by atoms with E-state index >= 15 is 0 Å². The summed E-state index contributed by atoms with van der Waals surface area (Å²) in [4.78, 5) is 4.57. The van der Waals surface area contributed by atoms with Crippen molar-refractivity contribution in [1.82, 2.24) is 4.98 Å². The van der Waals surface area contributed by atoms with Crippen LogP contribution >= 0.6 is 11.3 Å². The van der Waals surface area contributed by atoms with Crippen LogP contribution in [0.15, 0.2) is 5.38 Å². The highest BCUT2D eigenvalue weighted by Crippen LogP contribution is 2.46. The predicted octanol–water partition coefficient (Wildman–Crippen LogP) is 3.29. The Hall–Kier alpha value is -0.410. The molecule has 3 heteroatoms. The Balaban J connectivity index is 1.67. The molecular weight excluding hydrogens is 228 g/mol. The first-order valence-corrected chi connectivity index (χ1v) is 7.72. The molecule has 0 amide bonds. The van der Waals surface area contributed by atoms with Gasteiger partial charge in [-0.2, -0.15) is 0 Å². The third-order valence-corrected chi connectivity index (χ3v) is 5.34. The van der Waals surface area contributed by atoms with Crippen LogP contribution in [0.4, 0.5) is 0 Å². The lowest BCUT2D eigenvalue weighted by Crippen LogP contribution is -2.46.